The van der Waals surface area contributed by atoms with E-state index in [0.717, 1.165) is 6.26 Å². The highest BCUT2D eigenvalue weighted by atomic mass is 127. The van der Waals surface area contributed by atoms with Gasteiger partial charge in [-0.25, -0.2) is 8.42 Å². The van der Waals surface area contributed by atoms with E-state index in [1.54, 1.807) is 12.1 Å². The van der Waals surface area contributed by atoms with E-state index in [9.17, 15) is 13.5 Å². The second kappa shape index (κ2) is 4.97. The number of alkyl halides is 2. The number of rotatable bonds is 3. The molecule has 1 aromatic carbocycles. The van der Waals surface area contributed by atoms with E-state index < -0.39 is 18.2 Å². The summed E-state index contributed by atoms with van der Waals surface area (Å²) in [6.45, 7) is 0. The van der Waals surface area contributed by atoms with Crippen LogP contribution >= 0.6 is 45.8 Å². The van der Waals surface area contributed by atoms with Crippen molar-refractivity contribution in [2.45, 2.75) is 8.32 Å². The minimum absolute atomic E-state index is 0.402. The van der Waals surface area contributed by atoms with Crippen molar-refractivity contribution in [1.82, 2.24) is 0 Å². The van der Waals surface area contributed by atoms with Gasteiger partial charge in [-0.05, 0) is 40.3 Å². The summed E-state index contributed by atoms with van der Waals surface area (Å²) < 4.78 is 21.0. The Balaban J connectivity index is 3.12. The normalized spacial score (nSPS) is 17.8. The fourth-order valence-electron chi connectivity index (χ4n) is 1.04. The van der Waals surface area contributed by atoms with Crippen LogP contribution in [-0.2, 0) is 9.84 Å². The van der Waals surface area contributed by atoms with Crippen LogP contribution in [0.4, 0.5) is 0 Å². The number of hydrogen-bond acceptors (Lipinski definition) is 3. The third-order valence-electron chi connectivity index (χ3n) is 2.00. The summed E-state index contributed by atoms with van der Waals surface area (Å²) in [6, 6.07) is 6.19. The average Bonchev–Trinajstić information content (AvgIpc) is 2.16. The monoisotopic (exact) mass is 394 g/mol. The molecule has 16 heavy (non-hydrogen) atoms. The van der Waals surface area contributed by atoms with Crippen LogP contribution in [0.1, 0.15) is 11.7 Å². The minimum Gasteiger partial charge on any atom is -0.385 e. The predicted molar refractivity (Wildman–Crippen MR) is 73.9 cm³/mol. The van der Waals surface area contributed by atoms with Crippen molar-refractivity contribution in [1.29, 1.82) is 0 Å². The molecule has 0 aromatic heterocycles. The summed E-state index contributed by atoms with van der Waals surface area (Å²) >= 11 is 13.1. The first-order chi connectivity index (χ1) is 7.16. The van der Waals surface area contributed by atoms with Crippen molar-refractivity contribution in [2.24, 2.45) is 0 Å². The average molecular weight is 395 g/mol. The molecule has 90 valence electrons. The molecule has 0 bridgehead atoms. The van der Waals surface area contributed by atoms with Gasteiger partial charge in [0.05, 0.1) is 0 Å². The Kier molecular flexibility index (Phi) is 4.51. The van der Waals surface area contributed by atoms with Crippen molar-refractivity contribution >= 4 is 55.6 Å². The van der Waals surface area contributed by atoms with Gasteiger partial charge in [0.15, 0.2) is 9.84 Å². The van der Waals surface area contributed by atoms with E-state index in [2.05, 4.69) is 0 Å². The third kappa shape index (κ3) is 3.01. The number of halogens is 3. The Morgan fingerprint density at radius 1 is 1.38 bits per heavy atom. The zero-order valence-electron chi connectivity index (χ0n) is 8.19. The molecule has 0 aliphatic rings. The highest BCUT2D eigenvalue weighted by Crippen LogP contribution is 2.42. The van der Waals surface area contributed by atoms with Crippen molar-refractivity contribution < 1.29 is 13.5 Å². The minimum atomic E-state index is -3.59. The van der Waals surface area contributed by atoms with Gasteiger partial charge in [0, 0.05) is 11.3 Å². The highest BCUT2D eigenvalue weighted by molar-refractivity contribution is 14.1. The largest absolute Gasteiger partial charge is 0.385 e. The molecule has 3 nitrogen and oxygen atoms in total. The van der Waals surface area contributed by atoms with Crippen LogP contribution in [0.25, 0.3) is 0 Å². The van der Waals surface area contributed by atoms with E-state index in [1.165, 1.54) is 34.7 Å². The molecule has 1 N–H and O–H groups in total. The lowest BCUT2D eigenvalue weighted by atomic mass is 10.1. The first-order valence-electron chi connectivity index (χ1n) is 4.17. The Bertz CT molecular complexity index is 470. The van der Waals surface area contributed by atoms with Crippen molar-refractivity contribution in [3.05, 3.63) is 34.9 Å². The molecular formula is C9H9Cl2IO3S. The van der Waals surface area contributed by atoms with Gasteiger partial charge >= 0.3 is 0 Å². The fraction of sp³-hybridized carbons (Fsp3) is 0.333. The molecule has 0 aliphatic heterocycles. The second-order valence-corrected chi connectivity index (χ2v) is 9.80. The number of aliphatic hydroxyl groups excluding tert-OH is 1. The molecule has 0 spiro atoms. The maximum Gasteiger partial charge on any atom is 0.224 e. The summed E-state index contributed by atoms with van der Waals surface area (Å²) in [5.41, 5.74) is 0.402. The third-order valence-corrected chi connectivity index (χ3v) is 7.50. The lowest BCUT2D eigenvalue weighted by Gasteiger charge is -2.24. The van der Waals surface area contributed by atoms with Gasteiger partial charge in [-0.2, -0.15) is 0 Å². The van der Waals surface area contributed by atoms with Crippen LogP contribution in [0.3, 0.4) is 0 Å². The molecule has 7 heteroatoms. The van der Waals surface area contributed by atoms with Gasteiger partial charge in [-0.1, -0.05) is 35.3 Å². The highest BCUT2D eigenvalue weighted by Gasteiger charge is 2.43. The van der Waals surface area contributed by atoms with Crippen LogP contribution in [0, 0.1) is 0 Å². The number of benzene rings is 1. The van der Waals surface area contributed by atoms with Gasteiger partial charge in [-0.15, -0.1) is 0 Å². The fourth-order valence-corrected chi connectivity index (χ4v) is 2.20. The molecule has 1 rings (SSSR count). The van der Waals surface area contributed by atoms with Gasteiger partial charge in [0.2, 0.25) is 2.21 Å². The van der Waals surface area contributed by atoms with E-state index in [0.29, 0.717) is 10.6 Å². The first kappa shape index (κ1) is 14.5. The molecule has 0 aliphatic carbocycles. The molecule has 0 fully saturated rings. The molecular weight excluding hydrogens is 386 g/mol. The molecule has 0 saturated heterocycles. The van der Waals surface area contributed by atoms with Crippen LogP contribution in [0.15, 0.2) is 24.3 Å². The first-order valence-corrected chi connectivity index (χ1v) is 7.90. The van der Waals surface area contributed by atoms with E-state index in [1.807, 2.05) is 0 Å². The topological polar surface area (TPSA) is 54.4 Å². The summed E-state index contributed by atoms with van der Waals surface area (Å²) in [5, 5.41) is 10.4. The van der Waals surface area contributed by atoms with Gasteiger partial charge < -0.3 is 5.11 Å². The van der Waals surface area contributed by atoms with E-state index in [4.69, 9.17) is 23.2 Å². The Morgan fingerprint density at radius 2 is 1.81 bits per heavy atom. The summed E-state index contributed by atoms with van der Waals surface area (Å²) in [6.07, 6.45) is -0.340. The maximum atomic E-state index is 11.4. The smallest absolute Gasteiger partial charge is 0.224 e. The Morgan fingerprint density at radius 3 is 2.19 bits per heavy atom. The number of hydrogen-bond donors (Lipinski definition) is 1. The second-order valence-electron chi connectivity index (χ2n) is 3.29. The van der Waals surface area contributed by atoms with Gasteiger partial charge in [0.1, 0.15) is 6.10 Å². The molecule has 2 atom stereocenters. The molecule has 1 aromatic rings. The van der Waals surface area contributed by atoms with Crippen LogP contribution < -0.4 is 0 Å². The molecule has 0 amide bonds. The quantitative estimate of drug-likeness (QED) is 0.633. The Hall–Kier alpha value is 0.440. The Labute approximate surface area is 118 Å². The molecule has 0 radical (unpaired) electrons. The zero-order valence-corrected chi connectivity index (χ0v) is 12.7. The maximum absolute atomic E-state index is 11.4. The summed E-state index contributed by atoms with van der Waals surface area (Å²) in [4.78, 5) is 0. The SMILES string of the molecule is CS(=O)(=O)[C@@](Cl)(I)[C@H](O)c1ccc(Cl)cc1. The van der Waals surface area contributed by atoms with Crippen molar-refractivity contribution in [2.75, 3.05) is 6.26 Å². The van der Waals surface area contributed by atoms with Crippen molar-refractivity contribution in [3.63, 3.8) is 0 Å². The summed E-state index contributed by atoms with van der Waals surface area (Å²) in [7, 11) is -3.59. The van der Waals surface area contributed by atoms with Crippen LogP contribution in [-0.4, -0.2) is 22.0 Å². The molecule has 0 saturated carbocycles. The zero-order chi connectivity index (χ0) is 12.6. The predicted octanol–water partition coefficient (Wildman–Crippen LogP) is 2.75. The lowest BCUT2D eigenvalue weighted by Crippen LogP contribution is -2.31. The van der Waals surface area contributed by atoms with Gasteiger partial charge in [0.25, 0.3) is 0 Å². The van der Waals surface area contributed by atoms with Crippen LogP contribution in [0.5, 0.6) is 0 Å². The number of sulfone groups is 1. The standard InChI is InChI=1S/C9H9Cl2IO3S/c1-16(14,15)9(11,12)8(13)6-2-4-7(10)5-3-6/h2-5,8,13H,1H3/t8-,9+/m1/s1. The summed E-state index contributed by atoms with van der Waals surface area (Å²) in [5.74, 6) is 0. The molecule has 0 heterocycles. The van der Waals surface area contributed by atoms with E-state index in [-0.39, 0.29) is 0 Å². The van der Waals surface area contributed by atoms with E-state index >= 15 is 0 Å². The van der Waals surface area contributed by atoms with Crippen molar-refractivity contribution in [3.8, 4) is 0 Å². The lowest BCUT2D eigenvalue weighted by molar-refractivity contribution is 0.188. The number of aliphatic hydroxyl groups is 1. The molecule has 0 unspecified atom stereocenters. The van der Waals surface area contributed by atoms with Crippen LogP contribution in [0.2, 0.25) is 5.02 Å². The van der Waals surface area contributed by atoms with Gasteiger partial charge in [-0.3, -0.25) is 0 Å².